The van der Waals surface area contributed by atoms with Gasteiger partial charge in [-0.25, -0.2) is 13.6 Å². The second-order valence-electron chi connectivity index (χ2n) is 6.74. The average molecular weight is 484 g/mol. The number of carboxylic acids is 1. The molecule has 0 radical (unpaired) electrons. The van der Waals surface area contributed by atoms with E-state index in [1.54, 1.807) is 0 Å². The Morgan fingerprint density at radius 2 is 1.61 bits per heavy atom. The maximum Gasteiger partial charge on any atom is 0.335 e. The molecule has 170 valence electrons. The lowest BCUT2D eigenvalue weighted by Crippen LogP contribution is -2.14. The SMILES string of the molecule is O=C(O)c1ccc(-c2c3cc(F)c(=O)c(F)c-3oc3c(F)c(O)c(F)cc23)c(S(=O)(=O)O)c1. The summed E-state index contributed by atoms with van der Waals surface area (Å²) < 4.78 is 96.0. The van der Waals surface area contributed by atoms with E-state index in [9.17, 15) is 45.2 Å². The Kier molecular flexibility index (Phi) is 4.91. The van der Waals surface area contributed by atoms with Gasteiger partial charge in [-0.2, -0.15) is 17.2 Å². The molecule has 0 saturated carbocycles. The minimum Gasteiger partial charge on any atom is -0.503 e. The van der Waals surface area contributed by atoms with Crippen LogP contribution in [0.3, 0.4) is 0 Å². The standard InChI is InChI=1S/C20H8F4O8S/c21-10-4-8-13(7-2-1-6(20(27)28)3-12(7)33(29,30)31)9-5-11(22)17(26)15(24)19(9)32-18(8)14(23)16(10)25/h1-5,25H,(H,27,28)(H,29,30,31). The molecule has 1 heterocycles. The predicted octanol–water partition coefficient (Wildman–Crippen LogP) is 3.77. The van der Waals surface area contributed by atoms with Crippen molar-refractivity contribution in [3.05, 3.63) is 69.4 Å². The number of phenols is 1. The zero-order chi connectivity index (χ0) is 24.4. The van der Waals surface area contributed by atoms with Crippen molar-refractivity contribution in [3.8, 4) is 28.2 Å². The van der Waals surface area contributed by atoms with Crippen LogP contribution in [0, 0.1) is 23.3 Å². The van der Waals surface area contributed by atoms with E-state index in [4.69, 9.17) is 9.52 Å². The number of hydrogen-bond donors (Lipinski definition) is 3. The van der Waals surface area contributed by atoms with Crippen LogP contribution in [0.2, 0.25) is 0 Å². The molecule has 1 aliphatic carbocycles. The first-order chi connectivity index (χ1) is 15.3. The van der Waals surface area contributed by atoms with Gasteiger partial charge in [0.05, 0.1) is 5.56 Å². The van der Waals surface area contributed by atoms with Crippen LogP contribution in [0.1, 0.15) is 10.4 Å². The molecule has 8 nitrogen and oxygen atoms in total. The van der Waals surface area contributed by atoms with E-state index in [0.29, 0.717) is 18.2 Å². The van der Waals surface area contributed by atoms with E-state index >= 15 is 0 Å². The molecule has 13 heteroatoms. The van der Waals surface area contributed by atoms with Gasteiger partial charge in [-0.05, 0) is 24.3 Å². The van der Waals surface area contributed by atoms with Crippen molar-refractivity contribution in [1.82, 2.24) is 0 Å². The summed E-state index contributed by atoms with van der Waals surface area (Å²) >= 11 is 0. The lowest BCUT2D eigenvalue weighted by atomic mass is 9.92. The van der Waals surface area contributed by atoms with Crippen molar-refractivity contribution in [1.29, 1.82) is 0 Å². The molecule has 33 heavy (non-hydrogen) atoms. The first-order valence-corrected chi connectivity index (χ1v) is 10.1. The third kappa shape index (κ3) is 3.37. The number of carboxylic acid groups (broad SMARTS) is 1. The Bertz CT molecular complexity index is 1640. The summed E-state index contributed by atoms with van der Waals surface area (Å²) in [5.41, 5.74) is -5.37. The van der Waals surface area contributed by atoms with Crippen LogP contribution in [0.15, 0.2) is 44.4 Å². The lowest BCUT2D eigenvalue weighted by molar-refractivity contribution is 0.0696. The molecular formula is C20H8F4O8S. The topological polar surface area (TPSA) is 142 Å². The van der Waals surface area contributed by atoms with Crippen LogP contribution < -0.4 is 5.43 Å². The predicted molar refractivity (Wildman–Crippen MR) is 103 cm³/mol. The molecule has 0 saturated heterocycles. The molecule has 0 aromatic heterocycles. The van der Waals surface area contributed by atoms with E-state index in [-0.39, 0.29) is 0 Å². The van der Waals surface area contributed by atoms with Crippen molar-refractivity contribution in [2.75, 3.05) is 0 Å². The van der Waals surface area contributed by atoms with Crippen molar-refractivity contribution >= 4 is 27.1 Å². The largest absolute Gasteiger partial charge is 0.503 e. The second kappa shape index (κ2) is 7.28. The molecule has 4 rings (SSSR count). The van der Waals surface area contributed by atoms with Gasteiger partial charge in [-0.15, -0.1) is 0 Å². The third-order valence-corrected chi connectivity index (χ3v) is 5.69. The van der Waals surface area contributed by atoms with Gasteiger partial charge in [-0.1, -0.05) is 6.07 Å². The minimum atomic E-state index is -5.21. The van der Waals surface area contributed by atoms with Gasteiger partial charge in [-0.3, -0.25) is 9.35 Å². The summed E-state index contributed by atoms with van der Waals surface area (Å²) in [5.74, 6) is -11.0. The Hall–Kier alpha value is -3.97. The van der Waals surface area contributed by atoms with Crippen molar-refractivity contribution in [2.24, 2.45) is 0 Å². The van der Waals surface area contributed by atoms with Crippen LogP contribution >= 0.6 is 0 Å². The zero-order valence-electron chi connectivity index (χ0n) is 15.7. The van der Waals surface area contributed by atoms with Crippen LogP contribution in [0.4, 0.5) is 17.6 Å². The van der Waals surface area contributed by atoms with Crippen molar-refractivity contribution in [3.63, 3.8) is 0 Å². The number of aromatic carboxylic acids is 1. The normalized spacial score (nSPS) is 11.9. The third-order valence-electron chi connectivity index (χ3n) is 4.80. The van der Waals surface area contributed by atoms with Gasteiger partial charge >= 0.3 is 5.97 Å². The number of benzene rings is 3. The fourth-order valence-electron chi connectivity index (χ4n) is 3.36. The fourth-order valence-corrected chi connectivity index (χ4v) is 4.08. The molecule has 2 aromatic carbocycles. The summed E-state index contributed by atoms with van der Waals surface area (Å²) in [5, 5.41) is 18.0. The van der Waals surface area contributed by atoms with Crippen LogP contribution in [-0.4, -0.2) is 29.2 Å². The molecule has 0 bridgehead atoms. The highest BCUT2D eigenvalue weighted by molar-refractivity contribution is 7.86. The Morgan fingerprint density at radius 3 is 2.21 bits per heavy atom. The van der Waals surface area contributed by atoms with Crippen molar-refractivity contribution in [2.45, 2.75) is 4.90 Å². The quantitative estimate of drug-likeness (QED) is 0.227. The smallest absolute Gasteiger partial charge is 0.335 e. The maximum absolute atomic E-state index is 14.6. The summed E-state index contributed by atoms with van der Waals surface area (Å²) in [6, 6.07) is 3.06. The van der Waals surface area contributed by atoms with E-state index in [1.807, 2.05) is 0 Å². The monoisotopic (exact) mass is 484 g/mol. The molecule has 2 aliphatic rings. The molecule has 0 fully saturated rings. The van der Waals surface area contributed by atoms with Gasteiger partial charge in [0.1, 0.15) is 4.90 Å². The lowest BCUT2D eigenvalue weighted by Gasteiger charge is -2.18. The molecule has 0 amide bonds. The van der Waals surface area contributed by atoms with E-state index < -0.39 is 94.4 Å². The van der Waals surface area contributed by atoms with Gasteiger partial charge in [0, 0.05) is 22.1 Å². The van der Waals surface area contributed by atoms with Gasteiger partial charge in [0.25, 0.3) is 15.5 Å². The zero-order valence-corrected chi connectivity index (χ0v) is 16.5. The summed E-state index contributed by atoms with van der Waals surface area (Å²) in [6.45, 7) is 0. The number of aromatic hydroxyl groups is 1. The summed E-state index contributed by atoms with van der Waals surface area (Å²) in [6.07, 6.45) is 0. The Balaban J connectivity index is 2.34. The highest BCUT2D eigenvalue weighted by atomic mass is 32.2. The highest BCUT2D eigenvalue weighted by Crippen LogP contribution is 2.45. The molecule has 1 aliphatic heterocycles. The summed E-state index contributed by atoms with van der Waals surface area (Å²) in [7, 11) is -5.21. The number of rotatable bonds is 3. The number of carbonyl (C=O) groups is 1. The van der Waals surface area contributed by atoms with Crippen molar-refractivity contribution < 1.29 is 50.0 Å². The fraction of sp³-hybridized carbons (Fsp3) is 0. The van der Waals surface area contributed by atoms with Gasteiger partial charge in [0.15, 0.2) is 28.7 Å². The Labute approximate surface area is 180 Å². The minimum absolute atomic E-state index is 0.417. The number of hydrogen-bond acceptors (Lipinski definition) is 6. The van der Waals surface area contributed by atoms with E-state index in [0.717, 1.165) is 12.1 Å². The first-order valence-electron chi connectivity index (χ1n) is 8.63. The molecule has 3 N–H and O–H groups in total. The number of phenolic OH excluding ortho intramolecular Hbond substituents is 1. The highest BCUT2D eigenvalue weighted by Gasteiger charge is 2.30. The first kappa shape index (κ1) is 22.2. The molecule has 0 spiro atoms. The van der Waals surface area contributed by atoms with Crippen LogP contribution in [0.25, 0.3) is 33.4 Å². The number of halogens is 4. The second-order valence-corrected chi connectivity index (χ2v) is 8.13. The number of fused-ring (bicyclic) bond motifs is 2. The van der Waals surface area contributed by atoms with Gasteiger partial charge in [0.2, 0.25) is 11.6 Å². The Morgan fingerprint density at radius 1 is 0.939 bits per heavy atom. The van der Waals surface area contributed by atoms with E-state index in [1.165, 1.54) is 0 Å². The molecule has 0 unspecified atom stereocenters. The summed E-state index contributed by atoms with van der Waals surface area (Å²) in [4.78, 5) is 21.9. The van der Waals surface area contributed by atoms with Crippen LogP contribution in [0.5, 0.6) is 5.75 Å². The van der Waals surface area contributed by atoms with Crippen LogP contribution in [-0.2, 0) is 10.1 Å². The molecular weight excluding hydrogens is 476 g/mol. The maximum atomic E-state index is 14.6. The van der Waals surface area contributed by atoms with Gasteiger partial charge < -0.3 is 14.6 Å². The molecule has 0 atom stereocenters. The average Bonchev–Trinajstić information content (AvgIpc) is 2.74. The molecule has 2 aromatic rings. The van der Waals surface area contributed by atoms with E-state index in [2.05, 4.69) is 0 Å².